The predicted molar refractivity (Wildman–Crippen MR) is 109 cm³/mol. The van der Waals surface area contributed by atoms with E-state index < -0.39 is 0 Å². The standard InChI is InChI=1S/C20H29N5O2S/c1-14-21-17(13-28-14)12-25-20(27)24-11-10-16(7-8-18(24)23-25)22-19(26)9-6-15-4-2-3-5-15/h13,15-16H,2-12H2,1H3,(H,22,26). The Morgan fingerprint density at radius 3 is 2.86 bits per heavy atom. The first kappa shape index (κ1) is 19.4. The van der Waals surface area contributed by atoms with Gasteiger partial charge in [-0.15, -0.1) is 11.3 Å². The number of aromatic nitrogens is 4. The third-order valence-corrected chi connectivity index (χ3v) is 6.84. The maximum atomic E-state index is 12.7. The van der Waals surface area contributed by atoms with E-state index in [4.69, 9.17) is 0 Å². The molecule has 0 saturated heterocycles. The van der Waals surface area contributed by atoms with Crippen molar-refractivity contribution >= 4 is 17.2 Å². The number of rotatable bonds is 6. The van der Waals surface area contributed by atoms with Gasteiger partial charge < -0.3 is 5.32 Å². The molecule has 1 fully saturated rings. The van der Waals surface area contributed by atoms with Crippen LogP contribution in [0.2, 0.25) is 0 Å². The molecule has 1 saturated carbocycles. The van der Waals surface area contributed by atoms with Gasteiger partial charge in [-0.1, -0.05) is 25.7 Å². The Balaban J connectivity index is 1.31. The van der Waals surface area contributed by atoms with Crippen LogP contribution in [0.5, 0.6) is 0 Å². The molecule has 0 radical (unpaired) electrons. The monoisotopic (exact) mass is 403 g/mol. The lowest BCUT2D eigenvalue weighted by Gasteiger charge is -2.17. The van der Waals surface area contributed by atoms with Crippen LogP contribution >= 0.6 is 11.3 Å². The van der Waals surface area contributed by atoms with E-state index in [1.807, 2.05) is 12.3 Å². The number of fused-ring (bicyclic) bond motifs is 1. The predicted octanol–water partition coefficient (Wildman–Crippen LogP) is 2.65. The highest BCUT2D eigenvalue weighted by Crippen LogP contribution is 2.28. The molecule has 0 spiro atoms. The van der Waals surface area contributed by atoms with Crippen LogP contribution in [0.15, 0.2) is 10.2 Å². The minimum atomic E-state index is -0.0751. The largest absolute Gasteiger partial charge is 0.353 e. The number of hydrogen-bond acceptors (Lipinski definition) is 5. The zero-order valence-corrected chi connectivity index (χ0v) is 17.3. The van der Waals surface area contributed by atoms with Gasteiger partial charge in [0.1, 0.15) is 5.82 Å². The lowest BCUT2D eigenvalue weighted by Crippen LogP contribution is -2.36. The van der Waals surface area contributed by atoms with Crippen molar-refractivity contribution in [2.45, 2.75) is 83.8 Å². The maximum absolute atomic E-state index is 12.7. The molecule has 1 N–H and O–H groups in total. The lowest BCUT2D eigenvalue weighted by atomic mass is 10.0. The van der Waals surface area contributed by atoms with E-state index in [0.29, 0.717) is 25.9 Å². The molecule has 0 aromatic carbocycles. The molecule has 2 aromatic heterocycles. The Bertz CT molecular complexity index is 878. The van der Waals surface area contributed by atoms with Crippen molar-refractivity contribution in [2.75, 3.05) is 0 Å². The van der Waals surface area contributed by atoms with Gasteiger partial charge in [0.15, 0.2) is 0 Å². The van der Waals surface area contributed by atoms with E-state index in [9.17, 15) is 9.59 Å². The van der Waals surface area contributed by atoms with Crippen LogP contribution in [-0.2, 0) is 24.3 Å². The fourth-order valence-corrected chi connectivity index (χ4v) is 5.05. The van der Waals surface area contributed by atoms with Gasteiger partial charge in [-0.25, -0.2) is 14.5 Å². The van der Waals surface area contributed by atoms with Crippen LogP contribution in [0.25, 0.3) is 0 Å². The van der Waals surface area contributed by atoms with Gasteiger partial charge in [-0.2, -0.15) is 5.10 Å². The van der Waals surface area contributed by atoms with E-state index in [0.717, 1.165) is 41.7 Å². The van der Waals surface area contributed by atoms with Crippen LogP contribution in [0, 0.1) is 12.8 Å². The number of amides is 1. The number of hydrogen-bond donors (Lipinski definition) is 1. The van der Waals surface area contributed by atoms with E-state index in [1.165, 1.54) is 30.4 Å². The van der Waals surface area contributed by atoms with Gasteiger partial charge in [0.05, 0.1) is 17.2 Å². The number of aryl methyl sites for hydroxylation is 2. The average molecular weight is 404 g/mol. The first-order chi connectivity index (χ1) is 13.6. The topological polar surface area (TPSA) is 81.8 Å². The van der Waals surface area contributed by atoms with Gasteiger partial charge in [-0.3, -0.25) is 9.36 Å². The smallest absolute Gasteiger partial charge is 0.346 e. The number of nitrogens with one attached hydrogen (secondary N) is 1. The van der Waals surface area contributed by atoms with E-state index >= 15 is 0 Å². The summed E-state index contributed by atoms with van der Waals surface area (Å²) in [6, 6.07) is 0.131. The highest BCUT2D eigenvalue weighted by atomic mass is 32.1. The van der Waals surface area contributed by atoms with Crippen molar-refractivity contribution in [3.8, 4) is 0 Å². The van der Waals surface area contributed by atoms with E-state index in [2.05, 4.69) is 15.4 Å². The fraction of sp³-hybridized carbons (Fsp3) is 0.700. The normalized spacial score (nSPS) is 20.1. The Morgan fingerprint density at radius 2 is 2.11 bits per heavy atom. The third-order valence-electron chi connectivity index (χ3n) is 6.01. The first-order valence-electron chi connectivity index (χ1n) is 10.5. The number of carbonyl (C=O) groups excluding carboxylic acids is 1. The zero-order chi connectivity index (χ0) is 19.5. The maximum Gasteiger partial charge on any atom is 0.346 e. The Labute approximate surface area is 169 Å². The summed E-state index contributed by atoms with van der Waals surface area (Å²) in [6.07, 6.45) is 9.18. The van der Waals surface area contributed by atoms with E-state index in [-0.39, 0.29) is 17.6 Å². The van der Waals surface area contributed by atoms with Crippen molar-refractivity contribution in [2.24, 2.45) is 5.92 Å². The summed E-state index contributed by atoms with van der Waals surface area (Å²) >= 11 is 1.58. The molecule has 1 atom stereocenters. The molecule has 2 aromatic rings. The molecule has 1 unspecified atom stereocenters. The van der Waals surface area contributed by atoms with Crippen molar-refractivity contribution < 1.29 is 4.79 Å². The quantitative estimate of drug-likeness (QED) is 0.804. The summed E-state index contributed by atoms with van der Waals surface area (Å²) in [5.74, 6) is 1.72. The van der Waals surface area contributed by atoms with Crippen molar-refractivity contribution in [1.29, 1.82) is 0 Å². The molecule has 1 aliphatic carbocycles. The molecule has 0 bridgehead atoms. The second-order valence-corrected chi connectivity index (χ2v) is 9.21. The van der Waals surface area contributed by atoms with Crippen LogP contribution in [0.3, 0.4) is 0 Å². The highest BCUT2D eigenvalue weighted by Gasteiger charge is 2.23. The summed E-state index contributed by atoms with van der Waals surface area (Å²) < 4.78 is 3.29. The second kappa shape index (κ2) is 8.59. The Morgan fingerprint density at radius 1 is 1.29 bits per heavy atom. The summed E-state index contributed by atoms with van der Waals surface area (Å²) in [5, 5.41) is 10.7. The molecule has 8 heteroatoms. The molecular weight excluding hydrogens is 374 g/mol. The summed E-state index contributed by atoms with van der Waals surface area (Å²) in [7, 11) is 0. The molecule has 152 valence electrons. The summed E-state index contributed by atoms with van der Waals surface area (Å²) in [5.41, 5.74) is 0.805. The molecular formula is C20H29N5O2S. The number of thiazole rings is 1. The minimum absolute atomic E-state index is 0.0751. The second-order valence-electron chi connectivity index (χ2n) is 8.15. The van der Waals surface area contributed by atoms with Crippen LogP contribution in [0.1, 0.15) is 67.9 Å². The number of nitrogens with zero attached hydrogens (tertiary/aromatic N) is 4. The molecule has 1 amide bonds. The molecule has 3 heterocycles. The van der Waals surface area contributed by atoms with Gasteiger partial charge in [0, 0.05) is 30.8 Å². The molecule has 2 aliphatic rings. The summed E-state index contributed by atoms with van der Waals surface area (Å²) in [6.45, 7) is 2.99. The molecule has 1 aliphatic heterocycles. The summed E-state index contributed by atoms with van der Waals surface area (Å²) in [4.78, 5) is 29.4. The van der Waals surface area contributed by atoms with Gasteiger partial charge in [-0.05, 0) is 32.1 Å². The first-order valence-corrected chi connectivity index (χ1v) is 11.3. The number of carbonyl (C=O) groups is 1. The SMILES string of the molecule is Cc1nc(Cn2nc3n(c2=O)CCC(NC(=O)CCC2CCCC2)CC3)cs1. The van der Waals surface area contributed by atoms with E-state index in [1.54, 1.807) is 15.9 Å². The van der Waals surface area contributed by atoms with Crippen molar-refractivity contribution in [1.82, 2.24) is 24.6 Å². The minimum Gasteiger partial charge on any atom is -0.353 e. The third kappa shape index (κ3) is 4.54. The molecule has 28 heavy (non-hydrogen) atoms. The Hall–Kier alpha value is -1.96. The van der Waals surface area contributed by atoms with Crippen LogP contribution in [-0.4, -0.2) is 31.3 Å². The molecule has 7 nitrogen and oxygen atoms in total. The van der Waals surface area contributed by atoms with Gasteiger partial charge in [0.25, 0.3) is 0 Å². The fourth-order valence-electron chi connectivity index (χ4n) is 4.44. The zero-order valence-electron chi connectivity index (χ0n) is 16.5. The molecule has 4 rings (SSSR count). The van der Waals surface area contributed by atoms with Gasteiger partial charge in [0.2, 0.25) is 5.91 Å². The van der Waals surface area contributed by atoms with Gasteiger partial charge >= 0.3 is 5.69 Å². The highest BCUT2D eigenvalue weighted by molar-refractivity contribution is 7.09. The lowest BCUT2D eigenvalue weighted by molar-refractivity contribution is -0.122. The average Bonchev–Trinajstić information content (AvgIpc) is 3.36. The van der Waals surface area contributed by atoms with Crippen molar-refractivity contribution in [3.63, 3.8) is 0 Å². The van der Waals surface area contributed by atoms with Crippen LogP contribution in [0.4, 0.5) is 0 Å². The Kier molecular flexibility index (Phi) is 5.94. The van der Waals surface area contributed by atoms with Crippen LogP contribution < -0.4 is 11.0 Å². The van der Waals surface area contributed by atoms with Crippen molar-refractivity contribution in [3.05, 3.63) is 32.4 Å².